The van der Waals surface area contributed by atoms with Crippen LogP contribution < -0.4 is 20.3 Å². The van der Waals surface area contributed by atoms with Gasteiger partial charge in [0.15, 0.2) is 11.5 Å². The van der Waals surface area contributed by atoms with Gasteiger partial charge in [-0.1, -0.05) is 25.0 Å². The molecule has 1 aliphatic carbocycles. The van der Waals surface area contributed by atoms with Crippen LogP contribution in [0.3, 0.4) is 0 Å². The Bertz CT molecular complexity index is 555. The Balaban J connectivity index is 1.45. The largest absolute Gasteiger partial charge is 0.485 e. The van der Waals surface area contributed by atoms with Crippen LogP contribution in [0.4, 0.5) is 0 Å². The fourth-order valence-corrected chi connectivity index (χ4v) is 2.89. The molecule has 118 valence electrons. The molecule has 0 spiro atoms. The second-order valence-corrected chi connectivity index (χ2v) is 5.76. The number of hydrazine groups is 1. The lowest BCUT2D eigenvalue weighted by atomic mass is 10.0. The highest BCUT2D eigenvalue weighted by molar-refractivity contribution is 5.85. The number of hydrogen-bond acceptors (Lipinski definition) is 4. The normalized spacial score (nSPS) is 20.5. The van der Waals surface area contributed by atoms with Crippen molar-refractivity contribution in [3.8, 4) is 11.5 Å². The van der Waals surface area contributed by atoms with Crippen molar-refractivity contribution in [3.05, 3.63) is 24.3 Å². The van der Waals surface area contributed by atoms with Crippen molar-refractivity contribution in [1.29, 1.82) is 0 Å². The molecule has 0 bridgehead atoms. The topological polar surface area (TPSA) is 76.7 Å². The van der Waals surface area contributed by atoms with E-state index < -0.39 is 12.0 Å². The third-order valence-corrected chi connectivity index (χ3v) is 4.07. The zero-order chi connectivity index (χ0) is 15.4. The minimum atomic E-state index is -0.762. The number of carbonyl (C=O) groups excluding carboxylic acids is 2. The molecule has 0 saturated heterocycles. The average molecular weight is 304 g/mol. The summed E-state index contributed by atoms with van der Waals surface area (Å²) in [4.78, 5) is 23.8. The number of nitrogens with one attached hydrogen (secondary N) is 2. The van der Waals surface area contributed by atoms with Gasteiger partial charge < -0.3 is 9.47 Å². The monoisotopic (exact) mass is 304 g/mol. The van der Waals surface area contributed by atoms with Crippen molar-refractivity contribution in [2.45, 2.75) is 38.2 Å². The fraction of sp³-hybridized carbons (Fsp3) is 0.500. The molecule has 6 nitrogen and oxygen atoms in total. The summed E-state index contributed by atoms with van der Waals surface area (Å²) in [6, 6.07) is 7.18. The van der Waals surface area contributed by atoms with Gasteiger partial charge in [0.05, 0.1) is 0 Å². The van der Waals surface area contributed by atoms with Crippen LogP contribution in [0.15, 0.2) is 24.3 Å². The second kappa shape index (κ2) is 6.68. The van der Waals surface area contributed by atoms with Crippen molar-refractivity contribution in [3.63, 3.8) is 0 Å². The van der Waals surface area contributed by atoms with E-state index in [0.717, 1.165) is 12.8 Å². The first-order valence-electron chi connectivity index (χ1n) is 7.69. The minimum absolute atomic E-state index is 0.126. The first kappa shape index (κ1) is 14.7. The molecule has 0 aromatic heterocycles. The summed E-state index contributed by atoms with van der Waals surface area (Å²) in [6.45, 7) is 0.126. The molecule has 2 N–H and O–H groups in total. The lowest BCUT2D eigenvalue weighted by molar-refractivity contribution is -0.135. The van der Waals surface area contributed by atoms with Gasteiger partial charge in [-0.3, -0.25) is 20.4 Å². The maximum absolute atomic E-state index is 12.0. The summed E-state index contributed by atoms with van der Waals surface area (Å²) in [5, 5.41) is 0. The van der Waals surface area contributed by atoms with E-state index in [9.17, 15) is 9.59 Å². The standard InChI is InChI=1S/C16H20N2O4/c19-15(9-11-5-1-2-6-11)17-18-16(20)14-10-21-12-7-3-4-8-13(12)22-14/h3-4,7-8,11,14H,1-2,5-6,9-10H2,(H,17,19)(H,18,20)/t14-/m1/s1. The molecule has 22 heavy (non-hydrogen) atoms. The predicted octanol–water partition coefficient (Wildman–Crippen LogP) is 1.55. The third kappa shape index (κ3) is 3.50. The van der Waals surface area contributed by atoms with Crippen LogP contribution in [-0.4, -0.2) is 24.5 Å². The first-order valence-corrected chi connectivity index (χ1v) is 7.69. The lowest BCUT2D eigenvalue weighted by Gasteiger charge is -2.25. The summed E-state index contributed by atoms with van der Waals surface area (Å²) in [7, 11) is 0. The highest BCUT2D eigenvalue weighted by Gasteiger charge is 2.27. The van der Waals surface area contributed by atoms with Crippen LogP contribution >= 0.6 is 0 Å². The number of hydrogen-bond donors (Lipinski definition) is 2. The number of benzene rings is 1. The second-order valence-electron chi connectivity index (χ2n) is 5.76. The SMILES string of the molecule is O=C(CC1CCCC1)NNC(=O)[C@H]1COc2ccccc2O1. The molecule has 3 rings (SSSR count). The van der Waals surface area contributed by atoms with Crippen molar-refractivity contribution in [2.75, 3.05) is 6.61 Å². The highest BCUT2D eigenvalue weighted by Crippen LogP contribution is 2.30. The van der Waals surface area contributed by atoms with Gasteiger partial charge in [-0.2, -0.15) is 0 Å². The summed E-state index contributed by atoms with van der Waals surface area (Å²) >= 11 is 0. The van der Waals surface area contributed by atoms with Gasteiger partial charge in [0, 0.05) is 6.42 Å². The molecule has 1 fully saturated rings. The lowest BCUT2D eigenvalue weighted by Crippen LogP contribution is -2.51. The minimum Gasteiger partial charge on any atom is -0.485 e. The van der Waals surface area contributed by atoms with Gasteiger partial charge in [0.25, 0.3) is 5.91 Å². The van der Waals surface area contributed by atoms with E-state index in [-0.39, 0.29) is 12.5 Å². The van der Waals surface area contributed by atoms with Gasteiger partial charge in [-0.05, 0) is 30.9 Å². The molecule has 1 aromatic rings. The molecule has 2 amide bonds. The van der Waals surface area contributed by atoms with Crippen LogP contribution in [0.2, 0.25) is 0 Å². The van der Waals surface area contributed by atoms with E-state index in [1.54, 1.807) is 12.1 Å². The highest BCUT2D eigenvalue weighted by atomic mass is 16.6. The zero-order valence-electron chi connectivity index (χ0n) is 12.3. The van der Waals surface area contributed by atoms with Crippen LogP contribution in [-0.2, 0) is 9.59 Å². The summed E-state index contributed by atoms with van der Waals surface area (Å²) in [5.74, 6) is 1.03. The maximum atomic E-state index is 12.0. The number of para-hydroxylation sites is 2. The first-order chi connectivity index (χ1) is 10.7. The smallest absolute Gasteiger partial charge is 0.283 e. The molecule has 1 aliphatic heterocycles. The van der Waals surface area contributed by atoms with Crippen molar-refractivity contribution in [2.24, 2.45) is 5.92 Å². The Kier molecular flexibility index (Phi) is 4.46. The zero-order valence-corrected chi connectivity index (χ0v) is 12.3. The summed E-state index contributed by atoms with van der Waals surface area (Å²) in [6.07, 6.45) is 4.27. The van der Waals surface area contributed by atoms with Gasteiger partial charge in [0.1, 0.15) is 6.61 Å². The molecule has 6 heteroatoms. The van der Waals surface area contributed by atoms with Crippen LogP contribution in [0, 0.1) is 5.92 Å². The number of carbonyl (C=O) groups is 2. The van der Waals surface area contributed by atoms with Gasteiger partial charge in [-0.15, -0.1) is 0 Å². The molecule has 2 aliphatic rings. The molecule has 1 aromatic carbocycles. The molecule has 1 atom stereocenters. The average Bonchev–Trinajstić information content (AvgIpc) is 3.05. The molecular formula is C16H20N2O4. The van der Waals surface area contributed by atoms with Crippen molar-refractivity contribution < 1.29 is 19.1 Å². The van der Waals surface area contributed by atoms with Gasteiger partial charge >= 0.3 is 0 Å². The number of amides is 2. The Morgan fingerprint density at radius 2 is 1.82 bits per heavy atom. The van der Waals surface area contributed by atoms with E-state index in [1.807, 2.05) is 12.1 Å². The van der Waals surface area contributed by atoms with Gasteiger partial charge in [0.2, 0.25) is 12.0 Å². The number of ether oxygens (including phenoxy) is 2. The Morgan fingerprint density at radius 3 is 2.59 bits per heavy atom. The molecule has 1 heterocycles. The van der Waals surface area contributed by atoms with Crippen LogP contribution in [0.25, 0.3) is 0 Å². The number of fused-ring (bicyclic) bond motifs is 1. The molecule has 0 radical (unpaired) electrons. The summed E-state index contributed by atoms with van der Waals surface area (Å²) in [5.41, 5.74) is 4.87. The molecular weight excluding hydrogens is 284 g/mol. The van der Waals surface area contributed by atoms with Gasteiger partial charge in [-0.25, -0.2) is 0 Å². The molecule has 1 saturated carbocycles. The van der Waals surface area contributed by atoms with E-state index >= 15 is 0 Å². The van der Waals surface area contributed by atoms with Crippen LogP contribution in [0.5, 0.6) is 11.5 Å². The van der Waals surface area contributed by atoms with E-state index in [0.29, 0.717) is 23.8 Å². The Labute approximate surface area is 129 Å². The fourth-order valence-electron chi connectivity index (χ4n) is 2.89. The predicted molar refractivity (Wildman–Crippen MR) is 79.2 cm³/mol. The Morgan fingerprint density at radius 1 is 1.09 bits per heavy atom. The van der Waals surface area contributed by atoms with E-state index in [4.69, 9.17) is 9.47 Å². The van der Waals surface area contributed by atoms with Crippen molar-refractivity contribution >= 4 is 11.8 Å². The summed E-state index contributed by atoms with van der Waals surface area (Å²) < 4.78 is 11.0. The quantitative estimate of drug-likeness (QED) is 0.831. The molecule has 0 unspecified atom stereocenters. The van der Waals surface area contributed by atoms with Crippen molar-refractivity contribution in [1.82, 2.24) is 10.9 Å². The van der Waals surface area contributed by atoms with Crippen LogP contribution in [0.1, 0.15) is 32.1 Å². The maximum Gasteiger partial charge on any atom is 0.283 e. The Hall–Kier alpha value is -2.24. The number of rotatable bonds is 3. The van der Waals surface area contributed by atoms with E-state index in [2.05, 4.69) is 10.9 Å². The third-order valence-electron chi connectivity index (χ3n) is 4.07. The van der Waals surface area contributed by atoms with E-state index in [1.165, 1.54) is 12.8 Å².